The Bertz CT molecular complexity index is 676. The second kappa shape index (κ2) is 7.78. The zero-order valence-corrected chi connectivity index (χ0v) is 17.2. The lowest BCUT2D eigenvalue weighted by atomic mass is 9.89. The largest absolute Gasteiger partial charge is 0.487 e. The molecule has 0 radical (unpaired) electrons. The summed E-state index contributed by atoms with van der Waals surface area (Å²) in [5, 5.41) is 0. The Morgan fingerprint density at radius 2 is 1.59 bits per heavy atom. The van der Waals surface area contributed by atoms with Crippen molar-refractivity contribution in [1.29, 1.82) is 0 Å². The summed E-state index contributed by atoms with van der Waals surface area (Å²) in [6, 6.07) is 8.59. The number of nitrogens with zero attached hydrogens (tertiary/aromatic N) is 2. The van der Waals surface area contributed by atoms with E-state index < -0.39 is 0 Å². The molecule has 2 saturated heterocycles. The molecule has 27 heavy (non-hydrogen) atoms. The minimum atomic E-state index is -0.313. The van der Waals surface area contributed by atoms with Gasteiger partial charge in [-0.05, 0) is 38.8 Å². The number of piperazine rings is 1. The van der Waals surface area contributed by atoms with E-state index in [2.05, 4.69) is 62.9 Å². The van der Waals surface area contributed by atoms with E-state index in [9.17, 15) is 4.79 Å². The molecular formula is C21H31BN2O3. The van der Waals surface area contributed by atoms with Gasteiger partial charge in [0.1, 0.15) is 0 Å². The molecule has 3 rings (SSSR count). The second-order valence-corrected chi connectivity index (χ2v) is 8.51. The number of carbonyl (C=O) groups excluding carboxylic acids is 1. The molecule has 2 fully saturated rings. The minimum absolute atomic E-state index is 0.174. The molecule has 0 aliphatic carbocycles. The van der Waals surface area contributed by atoms with Crippen molar-refractivity contribution < 1.29 is 14.1 Å². The number of carbonyl (C=O) groups is 1. The van der Waals surface area contributed by atoms with Gasteiger partial charge in [0.25, 0.3) is 0 Å². The van der Waals surface area contributed by atoms with Gasteiger partial charge in [-0.15, -0.1) is 0 Å². The first-order valence-electron chi connectivity index (χ1n) is 9.77. The maximum Gasteiger partial charge on any atom is 0.487 e. The Hall–Kier alpha value is -1.63. The molecule has 0 N–H and O–H groups in total. The summed E-state index contributed by atoms with van der Waals surface area (Å²) in [7, 11) is -0.313. The number of amides is 1. The van der Waals surface area contributed by atoms with E-state index in [0.717, 1.165) is 38.3 Å². The molecule has 1 aromatic carbocycles. The lowest BCUT2D eigenvalue weighted by molar-refractivity contribution is -0.130. The lowest BCUT2D eigenvalue weighted by Crippen LogP contribution is -2.47. The fourth-order valence-corrected chi connectivity index (χ4v) is 3.37. The van der Waals surface area contributed by atoms with Gasteiger partial charge in [-0.25, -0.2) is 0 Å². The molecule has 2 aliphatic heterocycles. The highest BCUT2D eigenvalue weighted by atomic mass is 16.7. The van der Waals surface area contributed by atoms with Crippen molar-refractivity contribution in [2.75, 3.05) is 26.2 Å². The smallest absolute Gasteiger partial charge is 0.400 e. The van der Waals surface area contributed by atoms with Crippen LogP contribution in [0.4, 0.5) is 0 Å². The van der Waals surface area contributed by atoms with Crippen LogP contribution >= 0.6 is 0 Å². The molecule has 146 valence electrons. The van der Waals surface area contributed by atoms with Gasteiger partial charge < -0.3 is 14.2 Å². The van der Waals surface area contributed by atoms with Gasteiger partial charge in [-0.1, -0.05) is 36.3 Å². The maximum absolute atomic E-state index is 11.4. The fourth-order valence-electron chi connectivity index (χ4n) is 3.37. The van der Waals surface area contributed by atoms with Crippen LogP contribution in [-0.2, 0) is 20.6 Å². The van der Waals surface area contributed by atoms with Crippen LogP contribution in [0.5, 0.6) is 0 Å². The first kappa shape index (κ1) is 20.1. The summed E-state index contributed by atoms with van der Waals surface area (Å²) in [4.78, 5) is 15.7. The van der Waals surface area contributed by atoms with E-state index >= 15 is 0 Å². The molecule has 0 bridgehead atoms. The summed E-state index contributed by atoms with van der Waals surface area (Å²) >= 11 is 0. The van der Waals surface area contributed by atoms with Gasteiger partial charge in [-0.3, -0.25) is 9.69 Å². The first-order chi connectivity index (χ1) is 12.7. The topological polar surface area (TPSA) is 42.0 Å². The van der Waals surface area contributed by atoms with E-state index in [1.807, 2.05) is 10.9 Å². The van der Waals surface area contributed by atoms with Gasteiger partial charge in [0, 0.05) is 39.6 Å². The third-order valence-corrected chi connectivity index (χ3v) is 5.92. The lowest BCUT2D eigenvalue weighted by Gasteiger charge is -2.34. The fraction of sp³-hybridized carbons (Fsp3) is 0.571. The molecule has 0 unspecified atom stereocenters. The zero-order chi connectivity index (χ0) is 19.7. The Morgan fingerprint density at radius 1 is 1.04 bits per heavy atom. The molecule has 6 heteroatoms. The summed E-state index contributed by atoms with van der Waals surface area (Å²) in [5.41, 5.74) is 1.81. The third-order valence-electron chi connectivity index (χ3n) is 5.92. The van der Waals surface area contributed by atoms with Crippen LogP contribution in [-0.4, -0.2) is 60.2 Å². The Morgan fingerprint density at radius 3 is 2.11 bits per heavy atom. The quantitative estimate of drug-likeness (QED) is 0.765. The maximum atomic E-state index is 11.4. The highest BCUT2D eigenvalue weighted by Gasteiger charge is 2.49. The molecule has 1 aromatic rings. The molecule has 1 amide bonds. The van der Waals surface area contributed by atoms with E-state index in [4.69, 9.17) is 9.31 Å². The van der Waals surface area contributed by atoms with Gasteiger partial charge in [0.2, 0.25) is 5.91 Å². The Kier molecular flexibility index (Phi) is 5.80. The van der Waals surface area contributed by atoms with E-state index in [1.165, 1.54) is 5.56 Å². The van der Waals surface area contributed by atoms with Crippen molar-refractivity contribution in [2.45, 2.75) is 52.4 Å². The predicted molar refractivity (Wildman–Crippen MR) is 109 cm³/mol. The molecule has 0 atom stereocenters. The first-order valence-corrected chi connectivity index (χ1v) is 9.77. The molecule has 2 aliphatic rings. The molecule has 0 aromatic heterocycles. The van der Waals surface area contributed by atoms with E-state index in [-0.39, 0.29) is 24.2 Å². The average Bonchev–Trinajstić information content (AvgIpc) is 2.82. The SMILES string of the molecule is CC(=O)N1CCN(Cc2ccc(/C=C/B3OC(C)(C)C(C)(C)O3)cc2)CC1. The second-order valence-electron chi connectivity index (χ2n) is 8.51. The summed E-state index contributed by atoms with van der Waals surface area (Å²) in [5.74, 6) is 2.15. The number of hydrogen-bond donors (Lipinski definition) is 0. The van der Waals surface area contributed by atoms with Gasteiger partial charge in [-0.2, -0.15) is 0 Å². The van der Waals surface area contributed by atoms with Crippen LogP contribution < -0.4 is 0 Å². The monoisotopic (exact) mass is 370 g/mol. The van der Waals surface area contributed by atoms with Crippen molar-refractivity contribution in [1.82, 2.24) is 9.80 Å². The number of hydrogen-bond acceptors (Lipinski definition) is 4. The van der Waals surface area contributed by atoms with Crippen LogP contribution in [0.2, 0.25) is 0 Å². The van der Waals surface area contributed by atoms with Crippen LogP contribution in [0.15, 0.2) is 30.2 Å². The summed E-state index contributed by atoms with van der Waals surface area (Å²) in [6.07, 6.45) is 2.05. The van der Waals surface area contributed by atoms with Gasteiger partial charge in [0.05, 0.1) is 11.2 Å². The summed E-state index contributed by atoms with van der Waals surface area (Å²) in [6.45, 7) is 14.3. The average molecular weight is 370 g/mol. The molecular weight excluding hydrogens is 339 g/mol. The van der Waals surface area contributed by atoms with Crippen molar-refractivity contribution in [2.24, 2.45) is 0 Å². The van der Waals surface area contributed by atoms with Crippen LogP contribution in [0, 0.1) is 0 Å². The number of rotatable bonds is 4. The van der Waals surface area contributed by atoms with Crippen LogP contribution in [0.25, 0.3) is 6.08 Å². The van der Waals surface area contributed by atoms with Crippen molar-refractivity contribution in [3.05, 3.63) is 41.4 Å². The van der Waals surface area contributed by atoms with Gasteiger partial charge in [0.15, 0.2) is 0 Å². The third kappa shape index (κ3) is 4.81. The van der Waals surface area contributed by atoms with Crippen molar-refractivity contribution in [3.63, 3.8) is 0 Å². The highest BCUT2D eigenvalue weighted by Crippen LogP contribution is 2.37. The standard InChI is InChI=1S/C21H31BN2O3/c1-17(25)24-14-12-23(13-15-24)16-19-8-6-18(7-9-19)10-11-22-26-20(2,3)21(4,5)27-22/h6-11H,12-16H2,1-5H3/b11-10+. The molecule has 2 heterocycles. The van der Waals surface area contributed by atoms with E-state index in [0.29, 0.717) is 0 Å². The van der Waals surface area contributed by atoms with E-state index in [1.54, 1.807) is 6.92 Å². The molecule has 5 nitrogen and oxygen atoms in total. The minimum Gasteiger partial charge on any atom is -0.400 e. The molecule has 0 spiro atoms. The Labute approximate surface area is 163 Å². The summed E-state index contributed by atoms with van der Waals surface area (Å²) < 4.78 is 12.0. The van der Waals surface area contributed by atoms with Gasteiger partial charge >= 0.3 is 7.12 Å². The molecule has 0 saturated carbocycles. The zero-order valence-electron chi connectivity index (χ0n) is 17.2. The van der Waals surface area contributed by atoms with Crippen molar-refractivity contribution in [3.8, 4) is 0 Å². The van der Waals surface area contributed by atoms with Crippen LogP contribution in [0.3, 0.4) is 0 Å². The normalized spacial score (nSPS) is 22.6. The Balaban J connectivity index is 1.52. The highest BCUT2D eigenvalue weighted by molar-refractivity contribution is 6.52. The predicted octanol–water partition coefficient (Wildman–Crippen LogP) is 3.00. The van der Waals surface area contributed by atoms with Crippen LogP contribution in [0.1, 0.15) is 45.7 Å². The number of benzene rings is 1. The van der Waals surface area contributed by atoms with Crippen molar-refractivity contribution >= 4 is 19.1 Å².